The molecule has 3 fully saturated rings. The van der Waals surface area contributed by atoms with E-state index in [1.54, 1.807) is 5.57 Å². The predicted molar refractivity (Wildman–Crippen MR) is 110 cm³/mol. The van der Waals surface area contributed by atoms with Crippen LogP contribution in [0.2, 0.25) is 0 Å². The molecule has 3 rings (SSSR count). The molecule has 0 unspecified atom stereocenters. The Balaban J connectivity index is 1.53. The fourth-order valence-electron chi connectivity index (χ4n) is 5.82. The maximum Gasteiger partial charge on any atom is 0.0602 e. The molecule has 0 heterocycles. The van der Waals surface area contributed by atoms with Crippen molar-refractivity contribution >= 4 is 0 Å². The van der Waals surface area contributed by atoms with Crippen molar-refractivity contribution in [3.8, 4) is 0 Å². The van der Waals surface area contributed by atoms with E-state index in [1.165, 1.54) is 56.9 Å². The van der Waals surface area contributed by atoms with Gasteiger partial charge in [0.1, 0.15) is 0 Å². The average Bonchev–Trinajstić information content (AvgIpc) is 2.93. The molecule has 0 radical (unpaired) electrons. The van der Waals surface area contributed by atoms with E-state index in [9.17, 15) is 15.3 Å². The molecule has 0 saturated heterocycles. The summed E-state index contributed by atoms with van der Waals surface area (Å²) in [6.07, 6.45) is 18.2. The van der Waals surface area contributed by atoms with Crippen molar-refractivity contribution in [2.45, 2.75) is 115 Å². The van der Waals surface area contributed by atoms with Crippen LogP contribution in [0, 0.1) is 11.3 Å². The third kappa shape index (κ3) is 6.44. The number of hydrogen-bond donors (Lipinski definition) is 3. The number of aliphatic hydroxyl groups excluding tert-OH is 2. The molecule has 0 aromatic carbocycles. The van der Waals surface area contributed by atoms with Crippen LogP contribution in [0.3, 0.4) is 0 Å². The van der Waals surface area contributed by atoms with E-state index in [-0.39, 0.29) is 12.2 Å². The largest absolute Gasteiger partial charge is 0.393 e. The summed E-state index contributed by atoms with van der Waals surface area (Å²) in [5, 5.41) is 29.7. The van der Waals surface area contributed by atoms with Gasteiger partial charge in [-0.25, -0.2) is 0 Å². The molecular weight excluding hydrogens is 336 g/mol. The number of rotatable bonds is 5. The third-order valence-electron chi connectivity index (χ3n) is 7.11. The third-order valence-corrected chi connectivity index (χ3v) is 7.11. The Morgan fingerprint density at radius 2 is 1.78 bits per heavy atom. The second-order valence-electron chi connectivity index (χ2n) is 10.4. The van der Waals surface area contributed by atoms with Crippen molar-refractivity contribution < 1.29 is 15.3 Å². The highest BCUT2D eigenvalue weighted by Crippen LogP contribution is 2.53. The number of hydrogen-bond acceptors (Lipinski definition) is 3. The minimum atomic E-state index is -0.523. The number of allylic oxidation sites excluding steroid dienone is 3. The van der Waals surface area contributed by atoms with Crippen LogP contribution in [0.4, 0.5) is 0 Å². The molecule has 4 atom stereocenters. The Morgan fingerprint density at radius 1 is 1.07 bits per heavy atom. The quantitative estimate of drug-likeness (QED) is 0.629. The zero-order chi connectivity index (χ0) is 19.5. The second-order valence-corrected chi connectivity index (χ2v) is 10.4. The molecule has 154 valence electrons. The van der Waals surface area contributed by atoms with E-state index in [4.69, 9.17) is 0 Å². The molecule has 0 aromatic rings. The summed E-state index contributed by atoms with van der Waals surface area (Å²) >= 11 is 0. The molecule has 0 amide bonds. The topological polar surface area (TPSA) is 60.7 Å². The maximum atomic E-state index is 9.92. The molecule has 3 saturated carbocycles. The predicted octanol–water partition coefficient (Wildman–Crippen LogP) is 5.05. The normalized spacial score (nSPS) is 38.2. The highest BCUT2D eigenvalue weighted by Gasteiger charge is 2.40. The molecule has 3 aliphatic carbocycles. The molecule has 3 heteroatoms. The van der Waals surface area contributed by atoms with Crippen molar-refractivity contribution in [1.82, 2.24) is 0 Å². The van der Waals surface area contributed by atoms with Crippen LogP contribution in [0.25, 0.3) is 0 Å². The summed E-state index contributed by atoms with van der Waals surface area (Å²) in [7, 11) is 0. The summed E-state index contributed by atoms with van der Waals surface area (Å²) in [5.74, 6) is 0.841. The molecule has 3 aliphatic rings. The van der Waals surface area contributed by atoms with E-state index in [0.29, 0.717) is 11.8 Å². The average molecular weight is 377 g/mol. The standard InChI is InChI=1S/C24H40O3/c1-23(2,27)10-3-5-19-9-12-24(17-19)11-4-6-18(16-24)7-8-20-13-21(25)15-22(26)14-20/h7-8,19,21-22,25-27H,3-6,9-17H2,1-2H3/b18-7+,20-8?/t19-,21-,22+,24-/m1/s1. The van der Waals surface area contributed by atoms with Gasteiger partial charge in [0.15, 0.2) is 0 Å². The zero-order valence-electron chi connectivity index (χ0n) is 17.4. The molecule has 3 N–H and O–H groups in total. The van der Waals surface area contributed by atoms with Crippen molar-refractivity contribution in [3.63, 3.8) is 0 Å². The van der Waals surface area contributed by atoms with Gasteiger partial charge < -0.3 is 15.3 Å². The first-order valence-electron chi connectivity index (χ1n) is 11.2. The monoisotopic (exact) mass is 376 g/mol. The summed E-state index contributed by atoms with van der Waals surface area (Å²) < 4.78 is 0. The Bertz CT molecular complexity index is 544. The van der Waals surface area contributed by atoms with Gasteiger partial charge in [-0.1, -0.05) is 36.1 Å². The maximum absolute atomic E-state index is 9.92. The zero-order valence-corrected chi connectivity index (χ0v) is 17.4. The lowest BCUT2D eigenvalue weighted by molar-refractivity contribution is 0.0608. The molecule has 0 aliphatic heterocycles. The Morgan fingerprint density at radius 3 is 2.48 bits per heavy atom. The highest BCUT2D eigenvalue weighted by molar-refractivity contribution is 5.22. The van der Waals surface area contributed by atoms with Gasteiger partial charge in [0, 0.05) is 0 Å². The SMILES string of the molecule is CC(C)(O)CCC[C@@H]1CC[C@@]2(CCC/C(=C\C=C3C[C@@H](O)C[C@@H](O)C3)C2)C1. The first-order chi connectivity index (χ1) is 12.7. The van der Waals surface area contributed by atoms with Crippen molar-refractivity contribution in [3.05, 3.63) is 23.3 Å². The smallest absolute Gasteiger partial charge is 0.0602 e. The Labute approximate surface area is 165 Å². The minimum Gasteiger partial charge on any atom is -0.393 e. The first kappa shape index (κ1) is 21.1. The first-order valence-corrected chi connectivity index (χ1v) is 11.2. The van der Waals surface area contributed by atoms with Gasteiger partial charge in [-0.15, -0.1) is 0 Å². The van der Waals surface area contributed by atoms with Gasteiger partial charge >= 0.3 is 0 Å². The van der Waals surface area contributed by atoms with Gasteiger partial charge in [-0.2, -0.15) is 0 Å². The summed E-state index contributed by atoms with van der Waals surface area (Å²) in [6.45, 7) is 3.83. The molecule has 0 bridgehead atoms. The van der Waals surface area contributed by atoms with E-state index >= 15 is 0 Å². The van der Waals surface area contributed by atoms with Gasteiger partial charge in [-0.3, -0.25) is 0 Å². The van der Waals surface area contributed by atoms with E-state index in [2.05, 4.69) is 12.2 Å². The van der Waals surface area contributed by atoms with Crippen molar-refractivity contribution in [2.75, 3.05) is 0 Å². The lowest BCUT2D eigenvalue weighted by Gasteiger charge is -2.35. The van der Waals surface area contributed by atoms with Crippen LogP contribution in [0.1, 0.15) is 97.3 Å². The molecule has 1 spiro atoms. The molecule has 0 aromatic heterocycles. The van der Waals surface area contributed by atoms with Crippen LogP contribution in [-0.4, -0.2) is 33.1 Å². The second kappa shape index (κ2) is 8.80. The van der Waals surface area contributed by atoms with Gasteiger partial charge in [0.05, 0.1) is 17.8 Å². The van der Waals surface area contributed by atoms with Gasteiger partial charge in [0.2, 0.25) is 0 Å². The summed E-state index contributed by atoms with van der Waals surface area (Å²) in [6, 6.07) is 0. The van der Waals surface area contributed by atoms with Crippen LogP contribution in [-0.2, 0) is 0 Å². The van der Waals surface area contributed by atoms with Gasteiger partial charge in [-0.05, 0) is 95.8 Å². The molecular formula is C24H40O3. The molecule has 3 nitrogen and oxygen atoms in total. The van der Waals surface area contributed by atoms with Crippen molar-refractivity contribution in [1.29, 1.82) is 0 Å². The number of aliphatic hydroxyl groups is 3. The summed E-state index contributed by atoms with van der Waals surface area (Å²) in [5.41, 5.74) is 2.77. The Hall–Kier alpha value is -0.640. The fraction of sp³-hybridized carbons (Fsp3) is 0.833. The summed E-state index contributed by atoms with van der Waals surface area (Å²) in [4.78, 5) is 0. The lowest BCUT2D eigenvalue weighted by atomic mass is 9.70. The lowest BCUT2D eigenvalue weighted by Crippen LogP contribution is -2.24. The van der Waals surface area contributed by atoms with Crippen LogP contribution < -0.4 is 0 Å². The van der Waals surface area contributed by atoms with Crippen LogP contribution in [0.5, 0.6) is 0 Å². The van der Waals surface area contributed by atoms with Crippen LogP contribution in [0.15, 0.2) is 23.3 Å². The van der Waals surface area contributed by atoms with E-state index < -0.39 is 5.60 Å². The van der Waals surface area contributed by atoms with Gasteiger partial charge in [0.25, 0.3) is 0 Å². The fourth-order valence-corrected chi connectivity index (χ4v) is 5.82. The van der Waals surface area contributed by atoms with Crippen LogP contribution >= 0.6 is 0 Å². The van der Waals surface area contributed by atoms with E-state index in [0.717, 1.165) is 31.6 Å². The van der Waals surface area contributed by atoms with Crippen molar-refractivity contribution in [2.24, 2.45) is 11.3 Å². The molecule has 27 heavy (non-hydrogen) atoms. The highest BCUT2D eigenvalue weighted by atomic mass is 16.3. The minimum absolute atomic E-state index is 0.379. The Kier molecular flexibility index (Phi) is 6.87. The van der Waals surface area contributed by atoms with E-state index in [1.807, 2.05) is 13.8 Å².